The highest BCUT2D eigenvalue weighted by atomic mass is 32.1. The molecule has 5 heteroatoms. The Balaban J connectivity index is 3.02. The quantitative estimate of drug-likeness (QED) is 0.675. The van der Waals surface area contributed by atoms with Crippen molar-refractivity contribution in [3.05, 3.63) is 21.9 Å². The molecule has 4 nitrogen and oxygen atoms in total. The van der Waals surface area contributed by atoms with Gasteiger partial charge < -0.3 is 9.47 Å². The zero-order chi connectivity index (χ0) is 9.84. The summed E-state index contributed by atoms with van der Waals surface area (Å²) in [6.45, 7) is 0. The molecule has 1 aromatic heterocycles. The maximum absolute atomic E-state index is 11.1. The number of carbonyl (C=O) groups excluding carboxylic acids is 2. The molecule has 0 unspecified atom stereocenters. The number of carbonyl (C=O) groups is 2. The van der Waals surface area contributed by atoms with Crippen LogP contribution in [0.4, 0.5) is 0 Å². The Morgan fingerprint density at radius 3 is 1.77 bits per heavy atom. The second kappa shape index (κ2) is 4.04. The number of methoxy groups -OCH3 is 2. The Bertz CT molecular complexity index is 298. The maximum Gasteiger partial charge on any atom is 0.339 e. The third-order valence-corrected chi connectivity index (χ3v) is 2.22. The Morgan fingerprint density at radius 1 is 1.08 bits per heavy atom. The molecule has 0 saturated carbocycles. The molecule has 0 fully saturated rings. The lowest BCUT2D eigenvalue weighted by Crippen LogP contribution is -2.08. The first kappa shape index (κ1) is 9.73. The fraction of sp³-hybridized carbons (Fsp3) is 0.250. The zero-order valence-corrected chi connectivity index (χ0v) is 8.01. The predicted molar refractivity (Wildman–Crippen MR) is 47.0 cm³/mol. The summed E-state index contributed by atoms with van der Waals surface area (Å²) in [5.41, 5.74) is 0.499. The normalized spacial score (nSPS) is 9.38. The molecular weight excluding hydrogens is 192 g/mol. The molecule has 1 rings (SSSR count). The Labute approximate surface area is 79.1 Å². The number of rotatable bonds is 2. The van der Waals surface area contributed by atoms with Gasteiger partial charge in [0.1, 0.15) is 0 Å². The van der Waals surface area contributed by atoms with Gasteiger partial charge in [-0.2, -0.15) is 11.3 Å². The molecular formula is C8H8O4S. The predicted octanol–water partition coefficient (Wildman–Crippen LogP) is 1.32. The molecule has 13 heavy (non-hydrogen) atoms. The highest BCUT2D eigenvalue weighted by Gasteiger charge is 2.18. The van der Waals surface area contributed by atoms with Gasteiger partial charge in [-0.15, -0.1) is 0 Å². The number of hydrogen-bond acceptors (Lipinski definition) is 5. The van der Waals surface area contributed by atoms with E-state index in [0.29, 0.717) is 0 Å². The minimum atomic E-state index is -0.526. The summed E-state index contributed by atoms with van der Waals surface area (Å²) in [6.07, 6.45) is 0. The van der Waals surface area contributed by atoms with Crippen LogP contribution < -0.4 is 0 Å². The van der Waals surface area contributed by atoms with Crippen LogP contribution >= 0.6 is 11.3 Å². The monoisotopic (exact) mass is 200 g/mol. The van der Waals surface area contributed by atoms with E-state index in [0.717, 1.165) is 0 Å². The number of thiophene rings is 1. The molecule has 0 aliphatic rings. The summed E-state index contributed by atoms with van der Waals surface area (Å²) in [5, 5.41) is 3.11. The third-order valence-electron chi connectivity index (χ3n) is 1.47. The highest BCUT2D eigenvalue weighted by Crippen LogP contribution is 2.16. The van der Waals surface area contributed by atoms with Gasteiger partial charge in [0.2, 0.25) is 0 Å². The highest BCUT2D eigenvalue weighted by molar-refractivity contribution is 7.08. The van der Waals surface area contributed by atoms with Crippen molar-refractivity contribution in [1.29, 1.82) is 0 Å². The first-order valence-corrected chi connectivity index (χ1v) is 4.37. The standard InChI is InChI=1S/C8H8O4S/c1-11-7(9)5-3-13-4-6(5)8(10)12-2/h3-4H,1-2H3. The van der Waals surface area contributed by atoms with Crippen molar-refractivity contribution in [3.8, 4) is 0 Å². The topological polar surface area (TPSA) is 52.6 Å². The van der Waals surface area contributed by atoms with Crippen LogP contribution in [0.15, 0.2) is 10.8 Å². The lowest BCUT2D eigenvalue weighted by atomic mass is 10.2. The van der Waals surface area contributed by atoms with E-state index in [-0.39, 0.29) is 11.1 Å². The van der Waals surface area contributed by atoms with Gasteiger partial charge in [-0.3, -0.25) is 0 Å². The van der Waals surface area contributed by atoms with Crippen LogP contribution in [0.25, 0.3) is 0 Å². The van der Waals surface area contributed by atoms with Crippen molar-refractivity contribution < 1.29 is 19.1 Å². The van der Waals surface area contributed by atoms with Crippen molar-refractivity contribution >= 4 is 23.3 Å². The molecule has 0 aliphatic heterocycles. The summed E-state index contributed by atoms with van der Waals surface area (Å²) in [6, 6.07) is 0. The molecule has 0 bridgehead atoms. The van der Waals surface area contributed by atoms with Crippen molar-refractivity contribution in [1.82, 2.24) is 0 Å². The second-order valence-electron chi connectivity index (χ2n) is 2.18. The van der Waals surface area contributed by atoms with E-state index in [1.807, 2.05) is 0 Å². The summed E-state index contributed by atoms with van der Waals surface area (Å²) < 4.78 is 8.98. The van der Waals surface area contributed by atoms with Crippen LogP contribution in [-0.4, -0.2) is 26.2 Å². The van der Waals surface area contributed by atoms with Crippen molar-refractivity contribution in [3.63, 3.8) is 0 Å². The van der Waals surface area contributed by atoms with Gasteiger partial charge in [0.25, 0.3) is 0 Å². The smallest absolute Gasteiger partial charge is 0.339 e. The Kier molecular flexibility index (Phi) is 3.02. The summed E-state index contributed by atoms with van der Waals surface area (Å²) in [7, 11) is 2.53. The van der Waals surface area contributed by atoms with E-state index >= 15 is 0 Å². The maximum atomic E-state index is 11.1. The molecule has 0 aromatic carbocycles. The molecule has 1 heterocycles. The molecule has 0 spiro atoms. The molecule has 0 atom stereocenters. The molecule has 0 saturated heterocycles. The summed E-state index contributed by atoms with van der Waals surface area (Å²) >= 11 is 1.25. The van der Waals surface area contributed by atoms with Gasteiger partial charge in [-0.1, -0.05) is 0 Å². The van der Waals surface area contributed by atoms with E-state index in [4.69, 9.17) is 0 Å². The van der Waals surface area contributed by atoms with E-state index in [2.05, 4.69) is 9.47 Å². The van der Waals surface area contributed by atoms with E-state index < -0.39 is 11.9 Å². The minimum absolute atomic E-state index is 0.249. The Hall–Kier alpha value is -1.36. The van der Waals surface area contributed by atoms with Crippen molar-refractivity contribution in [2.75, 3.05) is 14.2 Å². The summed E-state index contributed by atoms with van der Waals surface area (Å²) in [5.74, 6) is -1.05. The minimum Gasteiger partial charge on any atom is -0.465 e. The lowest BCUT2D eigenvalue weighted by Gasteiger charge is -1.99. The van der Waals surface area contributed by atoms with E-state index in [9.17, 15) is 9.59 Å². The van der Waals surface area contributed by atoms with Gasteiger partial charge in [0.05, 0.1) is 25.3 Å². The van der Waals surface area contributed by atoms with E-state index in [1.54, 1.807) is 10.8 Å². The molecule has 70 valence electrons. The van der Waals surface area contributed by atoms with Crippen molar-refractivity contribution in [2.24, 2.45) is 0 Å². The van der Waals surface area contributed by atoms with Crippen LogP contribution in [0, 0.1) is 0 Å². The van der Waals surface area contributed by atoms with Crippen LogP contribution in [0.2, 0.25) is 0 Å². The average Bonchev–Trinajstić information content (AvgIpc) is 2.63. The van der Waals surface area contributed by atoms with Crippen molar-refractivity contribution in [2.45, 2.75) is 0 Å². The van der Waals surface area contributed by atoms with Crippen LogP contribution in [0.1, 0.15) is 20.7 Å². The Morgan fingerprint density at radius 2 is 1.46 bits per heavy atom. The fourth-order valence-corrected chi connectivity index (χ4v) is 1.62. The van der Waals surface area contributed by atoms with Gasteiger partial charge in [0, 0.05) is 10.8 Å². The third kappa shape index (κ3) is 1.86. The van der Waals surface area contributed by atoms with Gasteiger partial charge in [0.15, 0.2) is 0 Å². The van der Waals surface area contributed by atoms with Gasteiger partial charge in [-0.25, -0.2) is 9.59 Å². The SMILES string of the molecule is COC(=O)c1cscc1C(=O)OC. The first-order chi connectivity index (χ1) is 6.20. The zero-order valence-electron chi connectivity index (χ0n) is 7.20. The lowest BCUT2D eigenvalue weighted by molar-refractivity contribution is 0.0556. The number of esters is 2. The first-order valence-electron chi connectivity index (χ1n) is 3.43. The molecule has 1 aromatic rings. The molecule has 0 aliphatic carbocycles. The number of hydrogen-bond donors (Lipinski definition) is 0. The molecule has 0 amide bonds. The molecule has 0 N–H and O–H groups in total. The number of ether oxygens (including phenoxy) is 2. The summed E-state index contributed by atoms with van der Waals surface area (Å²) in [4.78, 5) is 22.2. The van der Waals surface area contributed by atoms with Crippen LogP contribution in [0.5, 0.6) is 0 Å². The van der Waals surface area contributed by atoms with Gasteiger partial charge in [-0.05, 0) is 0 Å². The van der Waals surface area contributed by atoms with E-state index in [1.165, 1.54) is 25.6 Å². The second-order valence-corrected chi connectivity index (χ2v) is 2.93. The van der Waals surface area contributed by atoms with Gasteiger partial charge >= 0.3 is 11.9 Å². The molecule has 0 radical (unpaired) electrons. The van der Waals surface area contributed by atoms with Crippen LogP contribution in [-0.2, 0) is 9.47 Å². The largest absolute Gasteiger partial charge is 0.465 e. The van der Waals surface area contributed by atoms with Crippen LogP contribution in [0.3, 0.4) is 0 Å². The average molecular weight is 200 g/mol. The fourth-order valence-electron chi connectivity index (χ4n) is 0.833.